The molecule has 1 amide bonds. The van der Waals surface area contributed by atoms with Crippen molar-refractivity contribution in [1.29, 1.82) is 0 Å². The van der Waals surface area contributed by atoms with Gasteiger partial charge in [0.2, 0.25) is 0 Å². The van der Waals surface area contributed by atoms with Gasteiger partial charge in [-0.3, -0.25) is 4.79 Å². The van der Waals surface area contributed by atoms with Crippen molar-refractivity contribution >= 4 is 21.8 Å². The minimum absolute atomic E-state index is 0.166. The van der Waals surface area contributed by atoms with Gasteiger partial charge in [0.15, 0.2) is 0 Å². The highest BCUT2D eigenvalue weighted by molar-refractivity contribution is 9.09. The Morgan fingerprint density at radius 1 is 1.35 bits per heavy atom. The molecule has 1 N–H and O–H groups in total. The first-order valence-electron chi connectivity index (χ1n) is 5.28. The summed E-state index contributed by atoms with van der Waals surface area (Å²) in [5.41, 5.74) is -0.527. The van der Waals surface area contributed by atoms with Gasteiger partial charge in [-0.2, -0.15) is 0 Å². The number of carbonyl (C=O) groups excluding carboxylic acids is 1. The van der Waals surface area contributed by atoms with E-state index in [1.54, 1.807) is 6.92 Å². The lowest BCUT2D eigenvalue weighted by atomic mass is 10.1. The molecule has 0 heterocycles. The fraction of sp³-hybridized carbons (Fsp3) is 0.417. The monoisotopic (exact) mass is 305 g/mol. The van der Waals surface area contributed by atoms with E-state index < -0.39 is 23.1 Å². The lowest BCUT2D eigenvalue weighted by molar-refractivity contribution is 0.0922. The Morgan fingerprint density at radius 2 is 1.88 bits per heavy atom. The molecule has 0 aliphatic rings. The molecular formula is C12H14BrF2NO. The first kappa shape index (κ1) is 14.1. The maximum absolute atomic E-state index is 13.3. The third kappa shape index (κ3) is 3.49. The van der Waals surface area contributed by atoms with Crippen LogP contribution in [-0.4, -0.2) is 17.3 Å². The smallest absolute Gasteiger partial charge is 0.257 e. The third-order valence-corrected chi connectivity index (χ3v) is 3.67. The summed E-state index contributed by atoms with van der Waals surface area (Å²) in [6, 6.07) is 3.19. The summed E-state index contributed by atoms with van der Waals surface area (Å²) in [6.45, 7) is 3.72. The number of amides is 1. The number of carbonyl (C=O) groups is 1. The van der Waals surface area contributed by atoms with E-state index in [0.717, 1.165) is 12.1 Å². The number of hydrogen-bond acceptors (Lipinski definition) is 1. The minimum atomic E-state index is -0.846. The van der Waals surface area contributed by atoms with Crippen LogP contribution in [0, 0.1) is 17.6 Å². The summed E-state index contributed by atoms with van der Waals surface area (Å²) in [7, 11) is 0. The van der Waals surface area contributed by atoms with E-state index in [0.29, 0.717) is 5.33 Å². The molecule has 0 spiro atoms. The van der Waals surface area contributed by atoms with Crippen LogP contribution in [0.4, 0.5) is 8.78 Å². The highest BCUT2D eigenvalue weighted by Gasteiger charge is 2.20. The topological polar surface area (TPSA) is 29.1 Å². The standard InChI is InChI=1S/C12H14BrF2NO/c1-7(6-13)8(2)16-12(17)11-9(14)4-3-5-10(11)15/h3-5,7-8H,6H2,1-2H3,(H,16,17). The molecule has 0 saturated carbocycles. The van der Waals surface area contributed by atoms with Crippen molar-refractivity contribution in [2.24, 2.45) is 5.92 Å². The summed E-state index contributed by atoms with van der Waals surface area (Å²) in [6.07, 6.45) is 0. The number of rotatable bonds is 4. The Kier molecular flexibility index (Phi) is 5.05. The average Bonchev–Trinajstić information content (AvgIpc) is 2.27. The zero-order chi connectivity index (χ0) is 13.0. The largest absolute Gasteiger partial charge is 0.349 e. The third-order valence-electron chi connectivity index (χ3n) is 2.65. The van der Waals surface area contributed by atoms with Gasteiger partial charge >= 0.3 is 0 Å². The van der Waals surface area contributed by atoms with Gasteiger partial charge in [0.05, 0.1) is 0 Å². The molecule has 2 nitrogen and oxygen atoms in total. The van der Waals surface area contributed by atoms with Gasteiger partial charge in [-0.15, -0.1) is 0 Å². The van der Waals surface area contributed by atoms with E-state index >= 15 is 0 Å². The molecule has 0 saturated heterocycles. The Balaban J connectivity index is 2.84. The van der Waals surface area contributed by atoms with Crippen LogP contribution < -0.4 is 5.32 Å². The van der Waals surface area contributed by atoms with E-state index in [-0.39, 0.29) is 12.0 Å². The average molecular weight is 306 g/mol. The molecule has 0 bridgehead atoms. The molecule has 1 aromatic rings. The van der Waals surface area contributed by atoms with Gasteiger partial charge in [-0.25, -0.2) is 8.78 Å². The van der Waals surface area contributed by atoms with E-state index in [1.807, 2.05) is 6.92 Å². The number of halogens is 3. The zero-order valence-electron chi connectivity index (χ0n) is 9.64. The molecule has 0 aromatic heterocycles. The fourth-order valence-electron chi connectivity index (χ4n) is 1.27. The van der Waals surface area contributed by atoms with Gasteiger partial charge in [0.25, 0.3) is 5.91 Å². The molecule has 1 rings (SSSR count). The predicted molar refractivity (Wildman–Crippen MR) is 66.2 cm³/mol. The number of nitrogens with one attached hydrogen (secondary N) is 1. The molecule has 0 aliphatic heterocycles. The maximum atomic E-state index is 13.3. The lowest BCUT2D eigenvalue weighted by Crippen LogP contribution is -2.38. The summed E-state index contributed by atoms with van der Waals surface area (Å²) in [4.78, 5) is 11.7. The summed E-state index contributed by atoms with van der Waals surface area (Å²) in [5, 5.41) is 3.28. The second-order valence-electron chi connectivity index (χ2n) is 3.99. The van der Waals surface area contributed by atoms with Gasteiger partial charge < -0.3 is 5.32 Å². The van der Waals surface area contributed by atoms with E-state index in [9.17, 15) is 13.6 Å². The summed E-state index contributed by atoms with van der Waals surface area (Å²) in [5.74, 6) is -2.24. The van der Waals surface area contributed by atoms with Crippen LogP contribution >= 0.6 is 15.9 Å². The Labute approximate surface area is 108 Å². The van der Waals surface area contributed by atoms with Crippen molar-refractivity contribution in [1.82, 2.24) is 5.32 Å². The van der Waals surface area contributed by atoms with Crippen molar-refractivity contribution in [3.05, 3.63) is 35.4 Å². The van der Waals surface area contributed by atoms with Crippen LogP contribution in [0.3, 0.4) is 0 Å². The van der Waals surface area contributed by atoms with Crippen LogP contribution in [0.1, 0.15) is 24.2 Å². The van der Waals surface area contributed by atoms with Crippen LogP contribution in [0.25, 0.3) is 0 Å². The molecule has 2 atom stereocenters. The summed E-state index contributed by atoms with van der Waals surface area (Å²) < 4.78 is 26.6. The Hall–Kier alpha value is -0.970. The number of benzene rings is 1. The predicted octanol–water partition coefficient (Wildman–Crippen LogP) is 3.11. The molecule has 0 radical (unpaired) electrons. The number of hydrogen-bond donors (Lipinski definition) is 1. The van der Waals surface area contributed by atoms with Crippen LogP contribution in [0.2, 0.25) is 0 Å². The second kappa shape index (κ2) is 6.10. The van der Waals surface area contributed by atoms with E-state index in [1.165, 1.54) is 6.07 Å². The minimum Gasteiger partial charge on any atom is -0.349 e. The maximum Gasteiger partial charge on any atom is 0.257 e. The van der Waals surface area contributed by atoms with Crippen LogP contribution in [0.5, 0.6) is 0 Å². The Bertz CT molecular complexity index is 391. The first-order chi connectivity index (χ1) is 7.97. The van der Waals surface area contributed by atoms with Crippen molar-refractivity contribution in [3.8, 4) is 0 Å². The molecule has 5 heteroatoms. The molecule has 0 aliphatic carbocycles. The molecule has 1 aromatic carbocycles. The highest BCUT2D eigenvalue weighted by atomic mass is 79.9. The normalized spacial score (nSPS) is 14.2. The molecule has 94 valence electrons. The number of alkyl halides is 1. The van der Waals surface area contributed by atoms with E-state index in [2.05, 4.69) is 21.2 Å². The lowest BCUT2D eigenvalue weighted by Gasteiger charge is -2.19. The molecule has 0 fully saturated rings. The Morgan fingerprint density at radius 3 is 2.35 bits per heavy atom. The van der Waals surface area contributed by atoms with Crippen LogP contribution in [0.15, 0.2) is 18.2 Å². The van der Waals surface area contributed by atoms with Crippen molar-refractivity contribution in [3.63, 3.8) is 0 Å². The first-order valence-corrected chi connectivity index (χ1v) is 6.40. The van der Waals surface area contributed by atoms with Gasteiger partial charge in [0, 0.05) is 11.4 Å². The van der Waals surface area contributed by atoms with E-state index in [4.69, 9.17) is 0 Å². The molecule has 2 unspecified atom stereocenters. The molecular weight excluding hydrogens is 292 g/mol. The quantitative estimate of drug-likeness (QED) is 0.851. The van der Waals surface area contributed by atoms with Gasteiger partial charge in [-0.05, 0) is 25.0 Å². The molecule has 17 heavy (non-hydrogen) atoms. The SMILES string of the molecule is CC(CBr)C(C)NC(=O)c1c(F)cccc1F. The van der Waals surface area contributed by atoms with Crippen LogP contribution in [-0.2, 0) is 0 Å². The van der Waals surface area contributed by atoms with Gasteiger partial charge in [0.1, 0.15) is 17.2 Å². The second-order valence-corrected chi connectivity index (χ2v) is 4.64. The fourth-order valence-corrected chi connectivity index (χ4v) is 1.83. The zero-order valence-corrected chi connectivity index (χ0v) is 11.2. The highest BCUT2D eigenvalue weighted by Crippen LogP contribution is 2.13. The van der Waals surface area contributed by atoms with Crippen molar-refractivity contribution < 1.29 is 13.6 Å². The summed E-state index contributed by atoms with van der Waals surface area (Å²) >= 11 is 3.29. The van der Waals surface area contributed by atoms with Crippen molar-refractivity contribution in [2.45, 2.75) is 19.9 Å². The van der Waals surface area contributed by atoms with Gasteiger partial charge in [-0.1, -0.05) is 28.9 Å². The van der Waals surface area contributed by atoms with Crippen molar-refractivity contribution in [2.75, 3.05) is 5.33 Å².